The van der Waals surface area contributed by atoms with Gasteiger partial charge in [-0.2, -0.15) is 0 Å². The number of rotatable bonds is 5. The lowest BCUT2D eigenvalue weighted by atomic mass is 10.0. The summed E-state index contributed by atoms with van der Waals surface area (Å²) < 4.78 is 0. The first kappa shape index (κ1) is 23.0. The molecule has 0 saturated carbocycles. The first-order valence-corrected chi connectivity index (χ1v) is 12.2. The summed E-state index contributed by atoms with van der Waals surface area (Å²) in [6.07, 6.45) is 0.595. The maximum absolute atomic E-state index is 12.6. The van der Waals surface area contributed by atoms with E-state index in [-0.39, 0.29) is 5.91 Å². The van der Waals surface area contributed by atoms with E-state index in [0.29, 0.717) is 18.1 Å². The van der Waals surface area contributed by atoms with Crippen LogP contribution in [0.1, 0.15) is 48.4 Å². The molecule has 1 aliphatic rings. The molecule has 0 spiro atoms. The smallest absolute Gasteiger partial charge is 0.234 e. The van der Waals surface area contributed by atoms with Crippen molar-refractivity contribution in [2.75, 3.05) is 11.1 Å². The molecule has 168 valence electrons. The van der Waals surface area contributed by atoms with Gasteiger partial charge in [-0.25, -0.2) is 4.99 Å². The molecule has 5 heteroatoms. The van der Waals surface area contributed by atoms with Crippen molar-refractivity contribution in [1.29, 1.82) is 0 Å². The maximum atomic E-state index is 12.6. The topological polar surface area (TPSA) is 53.8 Å². The van der Waals surface area contributed by atoms with E-state index in [2.05, 4.69) is 69.4 Å². The van der Waals surface area contributed by atoms with Crippen LogP contribution in [0.15, 0.2) is 76.7 Å². The third kappa shape index (κ3) is 5.79. The van der Waals surface area contributed by atoms with Gasteiger partial charge in [-0.3, -0.25) is 9.79 Å². The Morgan fingerprint density at radius 1 is 0.939 bits per heavy atom. The maximum Gasteiger partial charge on any atom is 0.234 e. The molecule has 3 aromatic rings. The van der Waals surface area contributed by atoms with Crippen LogP contribution in [0.2, 0.25) is 0 Å². The Labute approximate surface area is 200 Å². The second-order valence-corrected chi connectivity index (χ2v) is 9.69. The number of aryl methyl sites for hydroxylation is 2. The number of anilines is 1. The van der Waals surface area contributed by atoms with Gasteiger partial charge in [0.25, 0.3) is 0 Å². The van der Waals surface area contributed by atoms with E-state index >= 15 is 0 Å². The molecule has 3 aromatic carbocycles. The van der Waals surface area contributed by atoms with Crippen molar-refractivity contribution in [1.82, 2.24) is 0 Å². The Morgan fingerprint density at radius 2 is 1.58 bits per heavy atom. The zero-order chi connectivity index (χ0) is 23.4. The fourth-order valence-electron chi connectivity index (χ4n) is 3.64. The van der Waals surface area contributed by atoms with Gasteiger partial charge < -0.3 is 5.32 Å². The first-order chi connectivity index (χ1) is 15.9. The molecule has 0 radical (unpaired) electrons. The van der Waals surface area contributed by atoms with Crippen molar-refractivity contribution in [3.8, 4) is 0 Å². The van der Waals surface area contributed by atoms with Gasteiger partial charge in [-0.05, 0) is 66.3 Å². The van der Waals surface area contributed by atoms with Crippen molar-refractivity contribution in [2.24, 2.45) is 9.98 Å². The van der Waals surface area contributed by atoms with E-state index in [1.54, 1.807) is 0 Å². The summed E-state index contributed by atoms with van der Waals surface area (Å²) in [5.74, 6) is 0.726. The molecule has 0 saturated heterocycles. The SMILES string of the molecule is Cc1cc2c(cc1C)N=C(c1ccccc1)CC(SCC(=O)Nc1ccc(C(C)C)cc1)=N2. The number of nitrogens with zero attached hydrogens (tertiary/aromatic N) is 2. The molecule has 0 unspecified atom stereocenters. The van der Waals surface area contributed by atoms with Crippen LogP contribution >= 0.6 is 11.8 Å². The third-order valence-electron chi connectivity index (χ3n) is 5.75. The minimum atomic E-state index is -0.0391. The molecule has 1 aliphatic heterocycles. The van der Waals surface area contributed by atoms with Crippen LogP contribution in [0, 0.1) is 13.8 Å². The molecule has 0 aliphatic carbocycles. The van der Waals surface area contributed by atoms with Gasteiger partial charge in [-0.15, -0.1) is 11.8 Å². The minimum Gasteiger partial charge on any atom is -0.325 e. The molecule has 0 aromatic heterocycles. The van der Waals surface area contributed by atoms with E-state index in [0.717, 1.165) is 33.4 Å². The number of benzene rings is 3. The van der Waals surface area contributed by atoms with E-state index in [9.17, 15) is 4.79 Å². The lowest BCUT2D eigenvalue weighted by Gasteiger charge is -2.09. The fraction of sp³-hybridized carbons (Fsp3) is 0.250. The zero-order valence-electron chi connectivity index (χ0n) is 19.6. The second-order valence-electron chi connectivity index (χ2n) is 8.65. The number of thioether (sulfide) groups is 1. The molecular formula is C28H29N3OS. The van der Waals surface area contributed by atoms with Gasteiger partial charge in [0.2, 0.25) is 5.91 Å². The highest BCUT2D eigenvalue weighted by molar-refractivity contribution is 8.14. The van der Waals surface area contributed by atoms with Crippen LogP contribution in [-0.4, -0.2) is 22.4 Å². The molecule has 1 amide bonds. The number of aliphatic imine (C=N–C) groups is 2. The summed E-state index contributed by atoms with van der Waals surface area (Å²) >= 11 is 1.48. The fourth-order valence-corrected chi connectivity index (χ4v) is 4.42. The van der Waals surface area contributed by atoms with Crippen molar-refractivity contribution in [2.45, 2.75) is 40.0 Å². The van der Waals surface area contributed by atoms with Crippen LogP contribution in [0.25, 0.3) is 0 Å². The summed E-state index contributed by atoms with van der Waals surface area (Å²) in [5.41, 5.74) is 8.23. The quantitative estimate of drug-likeness (QED) is 0.437. The molecule has 0 fully saturated rings. The number of nitrogens with one attached hydrogen (secondary N) is 1. The van der Waals surface area contributed by atoms with Crippen LogP contribution in [-0.2, 0) is 4.79 Å². The van der Waals surface area contributed by atoms with Crippen LogP contribution in [0.3, 0.4) is 0 Å². The monoisotopic (exact) mass is 455 g/mol. The molecule has 4 rings (SSSR count). The molecule has 0 bridgehead atoms. The minimum absolute atomic E-state index is 0.0391. The van der Waals surface area contributed by atoms with Crippen molar-refractivity contribution in [3.05, 3.63) is 89.0 Å². The molecular weight excluding hydrogens is 426 g/mol. The standard InChI is InChI=1S/C28H29N3OS/c1-18(2)21-10-12-23(13-11-21)29-27(32)17-33-28-16-24(22-8-6-5-7-9-22)30-25-14-19(3)20(4)15-26(25)31-28/h5-15,18H,16-17H2,1-4H3,(H,29,32). The van der Waals surface area contributed by atoms with E-state index in [4.69, 9.17) is 9.98 Å². The van der Waals surface area contributed by atoms with Gasteiger partial charge >= 0.3 is 0 Å². The van der Waals surface area contributed by atoms with Gasteiger partial charge in [0, 0.05) is 12.1 Å². The van der Waals surface area contributed by atoms with Crippen LogP contribution in [0.4, 0.5) is 17.1 Å². The predicted octanol–water partition coefficient (Wildman–Crippen LogP) is 7.35. The van der Waals surface area contributed by atoms with Gasteiger partial charge in [0.15, 0.2) is 0 Å². The average Bonchev–Trinajstić information content (AvgIpc) is 2.98. The number of carbonyl (C=O) groups excluding carboxylic acids is 1. The molecule has 1 heterocycles. The highest BCUT2D eigenvalue weighted by atomic mass is 32.2. The molecule has 33 heavy (non-hydrogen) atoms. The summed E-state index contributed by atoms with van der Waals surface area (Å²) in [6.45, 7) is 8.50. The Hall–Kier alpha value is -3.18. The lowest BCUT2D eigenvalue weighted by molar-refractivity contribution is -0.113. The Morgan fingerprint density at radius 3 is 2.21 bits per heavy atom. The zero-order valence-corrected chi connectivity index (χ0v) is 20.4. The summed E-state index contributed by atoms with van der Waals surface area (Å²) in [6, 6.07) is 22.4. The number of hydrogen-bond donors (Lipinski definition) is 1. The molecule has 0 atom stereocenters. The van der Waals surface area contributed by atoms with Gasteiger partial charge in [0.1, 0.15) is 0 Å². The van der Waals surface area contributed by atoms with Crippen molar-refractivity contribution in [3.63, 3.8) is 0 Å². The first-order valence-electron chi connectivity index (χ1n) is 11.2. The molecule has 4 nitrogen and oxygen atoms in total. The normalized spacial score (nSPS) is 13.1. The summed E-state index contributed by atoms with van der Waals surface area (Å²) in [4.78, 5) is 22.5. The lowest BCUT2D eigenvalue weighted by Crippen LogP contribution is -2.16. The highest BCUT2D eigenvalue weighted by Crippen LogP contribution is 2.36. The Balaban J connectivity index is 1.52. The van der Waals surface area contributed by atoms with E-state index < -0.39 is 0 Å². The Kier molecular flexibility index (Phi) is 7.09. The van der Waals surface area contributed by atoms with Gasteiger partial charge in [-0.1, -0.05) is 56.3 Å². The number of carbonyl (C=O) groups is 1. The third-order valence-corrected chi connectivity index (χ3v) is 6.72. The number of hydrogen-bond acceptors (Lipinski definition) is 4. The van der Waals surface area contributed by atoms with Crippen LogP contribution in [0.5, 0.6) is 0 Å². The van der Waals surface area contributed by atoms with Crippen molar-refractivity contribution < 1.29 is 4.79 Å². The van der Waals surface area contributed by atoms with E-state index in [1.807, 2.05) is 30.3 Å². The highest BCUT2D eigenvalue weighted by Gasteiger charge is 2.17. The summed E-state index contributed by atoms with van der Waals surface area (Å²) in [5, 5.41) is 3.89. The van der Waals surface area contributed by atoms with Gasteiger partial charge in [0.05, 0.1) is 27.9 Å². The number of fused-ring (bicyclic) bond motifs is 1. The van der Waals surface area contributed by atoms with E-state index in [1.165, 1.54) is 28.5 Å². The predicted molar refractivity (Wildman–Crippen MR) is 142 cm³/mol. The van der Waals surface area contributed by atoms with Crippen molar-refractivity contribution >= 4 is 45.5 Å². The Bertz CT molecular complexity index is 1210. The summed E-state index contributed by atoms with van der Waals surface area (Å²) in [7, 11) is 0. The average molecular weight is 456 g/mol. The second kappa shape index (κ2) is 10.2. The molecule has 1 N–H and O–H groups in total. The van der Waals surface area contributed by atoms with Crippen LogP contribution < -0.4 is 5.32 Å². The largest absolute Gasteiger partial charge is 0.325 e. The number of amides is 1.